The molecule has 0 amide bonds. The lowest BCUT2D eigenvalue weighted by atomic mass is 9.76. The van der Waals surface area contributed by atoms with Crippen LogP contribution in [0, 0.1) is 11.7 Å². The molecule has 4 heteroatoms. The van der Waals surface area contributed by atoms with Gasteiger partial charge in [-0.15, -0.1) is 0 Å². The second-order valence-electron chi connectivity index (χ2n) is 6.54. The molecule has 0 aromatic heterocycles. The molecule has 0 radical (unpaired) electrons. The van der Waals surface area contributed by atoms with Crippen molar-refractivity contribution in [2.75, 3.05) is 0 Å². The number of benzene rings is 1. The number of ether oxygens (including phenoxy) is 1. The maximum atomic E-state index is 13.3. The number of carbonyl (C=O) groups excluding carboxylic acids is 2. The Bertz CT molecular complexity index is 559. The summed E-state index contributed by atoms with van der Waals surface area (Å²) in [5, 5.41) is 0. The lowest BCUT2D eigenvalue weighted by Crippen LogP contribution is -2.48. The van der Waals surface area contributed by atoms with Gasteiger partial charge in [0.1, 0.15) is 23.6 Å². The van der Waals surface area contributed by atoms with Gasteiger partial charge in [-0.3, -0.25) is 9.59 Å². The summed E-state index contributed by atoms with van der Waals surface area (Å²) in [5.74, 6) is -0.428. The third kappa shape index (κ3) is 3.21. The highest BCUT2D eigenvalue weighted by Gasteiger charge is 2.47. The molecule has 0 N–H and O–H groups in total. The third-order valence-corrected chi connectivity index (χ3v) is 4.98. The minimum atomic E-state index is -0.671. The van der Waals surface area contributed by atoms with Crippen molar-refractivity contribution in [2.45, 2.75) is 57.0 Å². The number of cyclic esters (lactones) is 1. The van der Waals surface area contributed by atoms with Crippen LogP contribution in [0.1, 0.15) is 50.5 Å². The molecule has 1 aliphatic heterocycles. The fourth-order valence-electron chi connectivity index (χ4n) is 3.93. The van der Waals surface area contributed by atoms with E-state index in [1.165, 1.54) is 12.1 Å². The molecule has 118 valence electrons. The molecule has 0 spiro atoms. The van der Waals surface area contributed by atoms with Gasteiger partial charge in [-0.05, 0) is 49.3 Å². The molecule has 1 aromatic carbocycles. The Morgan fingerprint density at radius 1 is 1.23 bits per heavy atom. The van der Waals surface area contributed by atoms with Crippen molar-refractivity contribution in [3.05, 3.63) is 35.6 Å². The zero-order valence-corrected chi connectivity index (χ0v) is 12.6. The molecular formula is C18H21FO3. The molecule has 1 aromatic rings. The minimum Gasteiger partial charge on any atom is -0.458 e. The summed E-state index contributed by atoms with van der Waals surface area (Å²) in [7, 11) is 0. The van der Waals surface area contributed by atoms with Crippen molar-refractivity contribution in [3.63, 3.8) is 0 Å². The summed E-state index contributed by atoms with van der Waals surface area (Å²) < 4.78 is 19.0. The molecule has 0 unspecified atom stereocenters. The normalized spacial score (nSPS) is 26.2. The monoisotopic (exact) mass is 304 g/mol. The number of aryl methyl sites for hydroxylation is 1. The summed E-state index contributed by atoms with van der Waals surface area (Å²) in [6, 6.07) is 6.48. The maximum Gasteiger partial charge on any atom is 0.313 e. The van der Waals surface area contributed by atoms with Crippen LogP contribution < -0.4 is 0 Å². The first-order chi connectivity index (χ1) is 10.6. The molecular weight excluding hydrogens is 283 g/mol. The van der Waals surface area contributed by atoms with Gasteiger partial charge in [0.05, 0.1) is 0 Å². The van der Waals surface area contributed by atoms with Crippen LogP contribution in [0.25, 0.3) is 0 Å². The lowest BCUT2D eigenvalue weighted by Gasteiger charge is -2.41. The van der Waals surface area contributed by atoms with Gasteiger partial charge in [-0.2, -0.15) is 0 Å². The molecule has 1 saturated heterocycles. The van der Waals surface area contributed by atoms with Crippen molar-refractivity contribution >= 4 is 11.8 Å². The summed E-state index contributed by atoms with van der Waals surface area (Å²) in [6.45, 7) is 0. The van der Waals surface area contributed by atoms with E-state index in [0.717, 1.165) is 31.2 Å². The number of halogens is 1. The van der Waals surface area contributed by atoms with Gasteiger partial charge in [0, 0.05) is 6.42 Å². The maximum absolute atomic E-state index is 13.3. The molecule has 22 heavy (non-hydrogen) atoms. The Morgan fingerprint density at radius 3 is 2.68 bits per heavy atom. The van der Waals surface area contributed by atoms with Gasteiger partial charge in [0.2, 0.25) is 0 Å². The fraction of sp³-hybridized carbons (Fsp3) is 0.556. The highest BCUT2D eigenvalue weighted by atomic mass is 19.1. The van der Waals surface area contributed by atoms with Crippen LogP contribution >= 0.6 is 0 Å². The Kier molecular flexibility index (Phi) is 4.27. The molecule has 1 heterocycles. The third-order valence-electron chi connectivity index (χ3n) is 4.98. The predicted molar refractivity (Wildman–Crippen MR) is 79.7 cm³/mol. The average molecular weight is 304 g/mol. The van der Waals surface area contributed by atoms with E-state index >= 15 is 0 Å². The number of rotatable bonds is 4. The molecule has 1 atom stereocenters. The molecule has 3 rings (SSSR count). The van der Waals surface area contributed by atoms with E-state index in [2.05, 4.69) is 0 Å². The largest absolute Gasteiger partial charge is 0.458 e. The van der Waals surface area contributed by atoms with Crippen LogP contribution in [0.15, 0.2) is 24.3 Å². The molecule has 2 fully saturated rings. The Morgan fingerprint density at radius 2 is 2.00 bits per heavy atom. The zero-order valence-electron chi connectivity index (χ0n) is 12.6. The van der Waals surface area contributed by atoms with Crippen LogP contribution in [0.3, 0.4) is 0 Å². The number of ketones is 1. The van der Waals surface area contributed by atoms with Crippen LogP contribution in [0.2, 0.25) is 0 Å². The molecule has 0 bridgehead atoms. The number of hydrogen-bond acceptors (Lipinski definition) is 3. The Labute approximate surface area is 129 Å². The summed E-state index contributed by atoms with van der Waals surface area (Å²) in [4.78, 5) is 23.8. The highest BCUT2D eigenvalue weighted by Crippen LogP contribution is 2.43. The topological polar surface area (TPSA) is 43.4 Å². The fourth-order valence-corrected chi connectivity index (χ4v) is 3.93. The highest BCUT2D eigenvalue weighted by molar-refractivity contribution is 5.98. The minimum absolute atomic E-state index is 0.0256. The van der Waals surface area contributed by atoms with Gasteiger partial charge in [-0.25, -0.2) is 4.39 Å². The van der Waals surface area contributed by atoms with E-state index in [9.17, 15) is 14.0 Å². The van der Waals surface area contributed by atoms with Gasteiger partial charge in [-0.1, -0.05) is 25.0 Å². The molecule has 3 nitrogen and oxygen atoms in total. The second kappa shape index (κ2) is 6.19. The summed E-state index contributed by atoms with van der Waals surface area (Å²) in [6.07, 6.45) is 5.68. The van der Waals surface area contributed by atoms with E-state index in [1.54, 1.807) is 6.07 Å². The van der Waals surface area contributed by atoms with Gasteiger partial charge >= 0.3 is 5.97 Å². The van der Waals surface area contributed by atoms with E-state index in [1.807, 2.05) is 6.07 Å². The first-order valence-electron chi connectivity index (χ1n) is 8.05. The predicted octanol–water partition coefficient (Wildman–Crippen LogP) is 3.59. The summed E-state index contributed by atoms with van der Waals surface area (Å²) in [5.41, 5.74) is 0.210. The van der Waals surface area contributed by atoms with Crippen molar-refractivity contribution in [1.82, 2.24) is 0 Å². The number of Topliss-reactive ketones (excluding diaryl/α,β-unsaturated/α-hetero) is 1. The van der Waals surface area contributed by atoms with Gasteiger partial charge in [0.25, 0.3) is 0 Å². The van der Waals surface area contributed by atoms with Crippen LogP contribution in [0.5, 0.6) is 0 Å². The molecule has 2 aliphatic rings. The van der Waals surface area contributed by atoms with Crippen LogP contribution in [0.4, 0.5) is 4.39 Å². The average Bonchev–Trinajstić information content (AvgIpc) is 2.99. The molecule has 1 aliphatic carbocycles. The number of esters is 1. The van der Waals surface area contributed by atoms with Crippen molar-refractivity contribution in [1.29, 1.82) is 0 Å². The van der Waals surface area contributed by atoms with Crippen molar-refractivity contribution in [2.24, 2.45) is 5.92 Å². The second-order valence-corrected chi connectivity index (χ2v) is 6.54. The van der Waals surface area contributed by atoms with Crippen LogP contribution in [-0.4, -0.2) is 17.4 Å². The van der Waals surface area contributed by atoms with Crippen LogP contribution in [-0.2, 0) is 20.7 Å². The Hall–Kier alpha value is -1.71. The first kappa shape index (κ1) is 15.2. The standard InChI is InChI=1S/C18H21FO3/c19-15-7-3-4-13(10-15)8-9-18(14-5-1-2-6-14)12-16(20)11-17(21)22-18/h3-4,7,10,14H,1-2,5-6,8-9,11-12H2/t18-/m1/s1. The number of hydrogen-bond donors (Lipinski definition) is 0. The quantitative estimate of drug-likeness (QED) is 0.630. The van der Waals surface area contributed by atoms with Crippen molar-refractivity contribution < 1.29 is 18.7 Å². The van der Waals surface area contributed by atoms with Gasteiger partial charge in [0.15, 0.2) is 0 Å². The van der Waals surface area contributed by atoms with E-state index in [0.29, 0.717) is 19.3 Å². The first-order valence-corrected chi connectivity index (χ1v) is 8.05. The van der Waals surface area contributed by atoms with Crippen molar-refractivity contribution in [3.8, 4) is 0 Å². The van der Waals surface area contributed by atoms with E-state index in [4.69, 9.17) is 4.74 Å². The smallest absolute Gasteiger partial charge is 0.313 e. The van der Waals surface area contributed by atoms with E-state index in [-0.39, 0.29) is 23.9 Å². The summed E-state index contributed by atoms with van der Waals surface area (Å²) >= 11 is 0. The molecule has 1 saturated carbocycles. The number of carbonyl (C=O) groups is 2. The lowest BCUT2D eigenvalue weighted by molar-refractivity contribution is -0.178. The Balaban J connectivity index is 1.79. The van der Waals surface area contributed by atoms with E-state index < -0.39 is 11.6 Å². The zero-order chi connectivity index (χ0) is 15.6. The van der Waals surface area contributed by atoms with Gasteiger partial charge < -0.3 is 4.74 Å². The SMILES string of the molecule is O=C1CC(=O)O[C@@](CCc2cccc(F)c2)(C2CCCC2)C1.